The lowest BCUT2D eigenvalue weighted by Crippen LogP contribution is -2.10. The Kier molecular flexibility index (Phi) is 4.64. The highest BCUT2D eigenvalue weighted by molar-refractivity contribution is 7.80. The molecule has 102 valence electrons. The quantitative estimate of drug-likeness (QED) is 0.627. The summed E-state index contributed by atoms with van der Waals surface area (Å²) in [6.07, 6.45) is 0. The Balaban J connectivity index is 2.31. The SMILES string of the molecule is COC(=S)C(C)c1cccc(C(=O)c2ccccc2)c1. The van der Waals surface area contributed by atoms with Gasteiger partial charge in [0.15, 0.2) is 10.8 Å². The highest BCUT2D eigenvalue weighted by atomic mass is 32.1. The molecule has 2 nitrogen and oxygen atoms in total. The number of hydrogen-bond acceptors (Lipinski definition) is 3. The van der Waals surface area contributed by atoms with Gasteiger partial charge in [-0.2, -0.15) is 0 Å². The first-order valence-corrected chi connectivity index (χ1v) is 6.82. The van der Waals surface area contributed by atoms with Crippen LogP contribution in [0.25, 0.3) is 0 Å². The van der Waals surface area contributed by atoms with Crippen LogP contribution >= 0.6 is 12.2 Å². The average Bonchev–Trinajstić information content (AvgIpc) is 2.53. The third kappa shape index (κ3) is 3.11. The van der Waals surface area contributed by atoms with Crippen molar-refractivity contribution in [2.24, 2.45) is 0 Å². The van der Waals surface area contributed by atoms with Crippen molar-refractivity contribution in [1.82, 2.24) is 0 Å². The van der Waals surface area contributed by atoms with Crippen molar-refractivity contribution in [2.75, 3.05) is 7.11 Å². The van der Waals surface area contributed by atoms with Crippen molar-refractivity contribution in [3.05, 3.63) is 71.3 Å². The van der Waals surface area contributed by atoms with E-state index in [4.69, 9.17) is 17.0 Å². The molecule has 0 N–H and O–H groups in total. The van der Waals surface area contributed by atoms with Crippen LogP contribution in [-0.4, -0.2) is 17.9 Å². The summed E-state index contributed by atoms with van der Waals surface area (Å²) in [7, 11) is 1.57. The molecule has 0 heterocycles. The summed E-state index contributed by atoms with van der Waals surface area (Å²) >= 11 is 5.16. The molecule has 0 aliphatic heterocycles. The summed E-state index contributed by atoms with van der Waals surface area (Å²) in [5.74, 6) is 0.00140. The minimum atomic E-state index is -0.0153. The first-order chi connectivity index (χ1) is 9.63. The van der Waals surface area contributed by atoms with Crippen LogP contribution in [0, 0.1) is 0 Å². The molecule has 0 saturated carbocycles. The van der Waals surface area contributed by atoms with E-state index in [1.807, 2.05) is 61.5 Å². The zero-order chi connectivity index (χ0) is 14.5. The summed E-state index contributed by atoms with van der Waals surface area (Å²) in [6, 6.07) is 16.8. The van der Waals surface area contributed by atoms with E-state index in [0.717, 1.165) is 5.56 Å². The van der Waals surface area contributed by atoms with Gasteiger partial charge in [-0.1, -0.05) is 55.5 Å². The predicted molar refractivity (Wildman–Crippen MR) is 84.3 cm³/mol. The number of ketones is 1. The highest BCUT2D eigenvalue weighted by Crippen LogP contribution is 2.20. The summed E-state index contributed by atoms with van der Waals surface area (Å²) in [4.78, 5) is 12.4. The zero-order valence-electron chi connectivity index (χ0n) is 11.5. The van der Waals surface area contributed by atoms with Crippen molar-refractivity contribution >= 4 is 23.1 Å². The molecule has 0 radical (unpaired) electrons. The maximum absolute atomic E-state index is 12.4. The lowest BCUT2D eigenvalue weighted by molar-refractivity contribution is 0.103. The van der Waals surface area contributed by atoms with Crippen LogP contribution < -0.4 is 0 Å². The summed E-state index contributed by atoms with van der Waals surface area (Å²) in [5.41, 5.74) is 2.34. The molecule has 0 spiro atoms. The van der Waals surface area contributed by atoms with Crippen molar-refractivity contribution in [1.29, 1.82) is 0 Å². The molecule has 0 fully saturated rings. The van der Waals surface area contributed by atoms with Gasteiger partial charge in [0.1, 0.15) is 0 Å². The maximum Gasteiger partial charge on any atom is 0.193 e. The van der Waals surface area contributed by atoms with E-state index >= 15 is 0 Å². The molecule has 0 bridgehead atoms. The van der Waals surface area contributed by atoms with Crippen molar-refractivity contribution < 1.29 is 9.53 Å². The van der Waals surface area contributed by atoms with Crippen LogP contribution in [0.2, 0.25) is 0 Å². The normalized spacial score (nSPS) is 11.7. The Bertz CT molecular complexity index is 620. The number of carbonyl (C=O) groups excluding carboxylic acids is 1. The average molecular weight is 284 g/mol. The molecule has 1 atom stereocenters. The summed E-state index contributed by atoms with van der Waals surface area (Å²) in [5, 5.41) is 0.523. The van der Waals surface area contributed by atoms with Crippen LogP contribution in [-0.2, 0) is 4.74 Å². The lowest BCUT2D eigenvalue weighted by atomic mass is 9.96. The molecule has 2 rings (SSSR count). The third-order valence-corrected chi connectivity index (χ3v) is 3.76. The number of thiocarbonyl (C=S) groups is 1. The molecule has 1 unspecified atom stereocenters. The van der Waals surface area contributed by atoms with E-state index in [0.29, 0.717) is 16.2 Å². The standard InChI is InChI=1S/C17H16O2S/c1-12(17(20)19-2)14-9-6-10-15(11-14)16(18)13-7-4-3-5-8-13/h3-12H,1-2H3. The summed E-state index contributed by atoms with van der Waals surface area (Å²) in [6.45, 7) is 1.97. The molecular weight excluding hydrogens is 268 g/mol. The van der Waals surface area contributed by atoms with Crippen LogP contribution in [0.15, 0.2) is 54.6 Å². The van der Waals surface area contributed by atoms with E-state index in [9.17, 15) is 4.79 Å². The van der Waals surface area contributed by atoms with Crippen LogP contribution in [0.5, 0.6) is 0 Å². The number of methoxy groups -OCH3 is 1. The van der Waals surface area contributed by atoms with Crippen molar-refractivity contribution in [3.8, 4) is 0 Å². The van der Waals surface area contributed by atoms with Gasteiger partial charge in [-0.3, -0.25) is 4.79 Å². The van der Waals surface area contributed by atoms with Crippen molar-refractivity contribution in [3.63, 3.8) is 0 Å². The second-order valence-electron chi connectivity index (χ2n) is 4.57. The Hall–Kier alpha value is -2.00. The topological polar surface area (TPSA) is 26.3 Å². The molecular formula is C17H16O2S. The Labute approximate surface area is 124 Å². The van der Waals surface area contributed by atoms with E-state index in [2.05, 4.69) is 0 Å². The third-order valence-electron chi connectivity index (χ3n) is 3.24. The van der Waals surface area contributed by atoms with Crippen LogP contribution in [0.3, 0.4) is 0 Å². The molecule has 0 saturated heterocycles. The molecule has 0 aliphatic rings. The van der Waals surface area contributed by atoms with Gasteiger partial charge in [0.25, 0.3) is 0 Å². The number of ether oxygens (including phenoxy) is 1. The molecule has 0 aromatic heterocycles. The van der Waals surface area contributed by atoms with E-state index in [1.165, 1.54) is 0 Å². The van der Waals surface area contributed by atoms with Crippen LogP contribution in [0.1, 0.15) is 34.3 Å². The molecule has 0 aliphatic carbocycles. The van der Waals surface area contributed by atoms with Gasteiger partial charge >= 0.3 is 0 Å². The number of benzene rings is 2. The van der Waals surface area contributed by atoms with Gasteiger partial charge in [-0.25, -0.2) is 0 Å². The fourth-order valence-electron chi connectivity index (χ4n) is 2.02. The lowest BCUT2D eigenvalue weighted by Gasteiger charge is -2.13. The molecule has 2 aromatic rings. The van der Waals surface area contributed by atoms with Gasteiger partial charge in [0.2, 0.25) is 0 Å². The van der Waals surface area contributed by atoms with Gasteiger partial charge in [0, 0.05) is 17.0 Å². The fraction of sp³-hybridized carbons (Fsp3) is 0.176. The minimum absolute atomic E-state index is 0.0153. The van der Waals surface area contributed by atoms with E-state index in [-0.39, 0.29) is 11.7 Å². The van der Waals surface area contributed by atoms with Gasteiger partial charge in [-0.05, 0) is 23.8 Å². The maximum atomic E-state index is 12.4. The second-order valence-corrected chi connectivity index (χ2v) is 4.97. The Morgan fingerprint density at radius 2 is 1.70 bits per heavy atom. The van der Waals surface area contributed by atoms with E-state index < -0.39 is 0 Å². The van der Waals surface area contributed by atoms with Gasteiger partial charge < -0.3 is 4.74 Å². The largest absolute Gasteiger partial charge is 0.490 e. The first kappa shape index (κ1) is 14.4. The summed E-state index contributed by atoms with van der Waals surface area (Å²) < 4.78 is 5.10. The smallest absolute Gasteiger partial charge is 0.193 e. The Morgan fingerprint density at radius 1 is 1.05 bits per heavy atom. The Morgan fingerprint density at radius 3 is 2.35 bits per heavy atom. The predicted octanol–water partition coefficient (Wildman–Crippen LogP) is 3.99. The van der Waals surface area contributed by atoms with E-state index in [1.54, 1.807) is 7.11 Å². The minimum Gasteiger partial charge on any atom is -0.490 e. The second kappa shape index (κ2) is 6.44. The van der Waals surface area contributed by atoms with Crippen LogP contribution in [0.4, 0.5) is 0 Å². The highest BCUT2D eigenvalue weighted by Gasteiger charge is 2.14. The van der Waals surface area contributed by atoms with Crippen molar-refractivity contribution in [2.45, 2.75) is 12.8 Å². The fourth-order valence-corrected chi connectivity index (χ4v) is 2.15. The van der Waals surface area contributed by atoms with Gasteiger partial charge in [-0.15, -0.1) is 0 Å². The molecule has 2 aromatic carbocycles. The number of carbonyl (C=O) groups is 1. The number of rotatable bonds is 4. The zero-order valence-corrected chi connectivity index (χ0v) is 12.3. The van der Waals surface area contributed by atoms with Gasteiger partial charge in [0.05, 0.1) is 7.11 Å². The molecule has 0 amide bonds. The monoisotopic (exact) mass is 284 g/mol. The number of hydrogen-bond donors (Lipinski definition) is 0. The molecule has 3 heteroatoms. The first-order valence-electron chi connectivity index (χ1n) is 6.41. The molecule has 20 heavy (non-hydrogen) atoms.